The molecule has 0 aromatic heterocycles. The van der Waals surface area contributed by atoms with Crippen LogP contribution in [-0.4, -0.2) is 95.6 Å². The topological polar surface area (TPSA) is 167 Å². The summed E-state index contributed by atoms with van der Waals surface area (Å²) >= 11 is 0. The van der Waals surface area contributed by atoms with E-state index in [1.165, 1.54) is 24.3 Å². The highest BCUT2D eigenvalue weighted by Crippen LogP contribution is 2.32. The summed E-state index contributed by atoms with van der Waals surface area (Å²) in [6, 6.07) is 24.2. The minimum absolute atomic E-state index is 0.171. The van der Waals surface area contributed by atoms with Crippen molar-refractivity contribution in [3.63, 3.8) is 0 Å². The zero-order valence-corrected chi connectivity index (χ0v) is 22.7. The van der Waals surface area contributed by atoms with Crippen LogP contribution in [0.25, 0.3) is 0 Å². The zero-order chi connectivity index (χ0) is 30.3. The largest absolute Gasteiger partial charge is 0.459 e. The van der Waals surface area contributed by atoms with Gasteiger partial charge in [-0.3, -0.25) is 0 Å². The van der Waals surface area contributed by atoms with Gasteiger partial charge in [0, 0.05) is 0 Å². The normalized spacial score (nSPS) is 28.5. The molecule has 3 aromatic carbocycles. The van der Waals surface area contributed by atoms with Crippen molar-refractivity contribution in [2.75, 3.05) is 13.2 Å². The quantitative estimate of drug-likeness (QED) is 0.242. The molecular weight excluding hydrogens is 564 g/mol. The first kappa shape index (κ1) is 30.3. The molecule has 0 radical (unpaired) electrons. The van der Waals surface area contributed by atoms with Crippen LogP contribution in [0.2, 0.25) is 0 Å². The third-order valence-electron chi connectivity index (χ3n) is 6.90. The van der Waals surface area contributed by atoms with Gasteiger partial charge >= 0.3 is 17.9 Å². The van der Waals surface area contributed by atoms with Crippen molar-refractivity contribution in [2.24, 2.45) is 0 Å². The Morgan fingerprint density at radius 1 is 0.674 bits per heavy atom. The van der Waals surface area contributed by atoms with Gasteiger partial charge in [0.2, 0.25) is 0 Å². The summed E-state index contributed by atoms with van der Waals surface area (Å²) in [4.78, 5) is 39.0. The second kappa shape index (κ2) is 13.9. The Morgan fingerprint density at radius 3 is 1.70 bits per heavy atom. The van der Waals surface area contributed by atoms with Crippen LogP contribution in [0.4, 0.5) is 0 Å². The molecule has 5 rings (SSSR count). The maximum absolute atomic E-state index is 13.2. The molecule has 0 spiro atoms. The Morgan fingerprint density at radius 2 is 1.16 bits per heavy atom. The van der Waals surface area contributed by atoms with Crippen LogP contribution < -0.4 is 0 Å². The molecule has 2 aliphatic heterocycles. The number of aliphatic hydroxyl groups excluding tert-OH is 3. The summed E-state index contributed by atoms with van der Waals surface area (Å²) in [5.41, 5.74) is 0.622. The summed E-state index contributed by atoms with van der Waals surface area (Å²) in [5.74, 6) is -2.29. The highest BCUT2D eigenvalue weighted by Gasteiger charge is 2.53. The summed E-state index contributed by atoms with van der Waals surface area (Å²) in [6.45, 7) is -0.801. The predicted octanol–water partition coefficient (Wildman–Crippen LogP) is 1.48. The molecule has 226 valence electrons. The summed E-state index contributed by atoms with van der Waals surface area (Å²) in [7, 11) is 0. The molecule has 2 heterocycles. The lowest BCUT2D eigenvalue weighted by molar-refractivity contribution is -0.306. The molecule has 12 heteroatoms. The second-order valence-corrected chi connectivity index (χ2v) is 9.86. The van der Waals surface area contributed by atoms with Crippen LogP contribution in [0.5, 0.6) is 0 Å². The number of carbonyl (C=O) groups excluding carboxylic acids is 3. The third kappa shape index (κ3) is 7.25. The van der Waals surface area contributed by atoms with E-state index < -0.39 is 73.7 Å². The number of ether oxygens (including phenoxy) is 6. The molecule has 0 bridgehead atoms. The van der Waals surface area contributed by atoms with Crippen LogP contribution in [0.15, 0.2) is 91.0 Å². The average molecular weight is 595 g/mol. The van der Waals surface area contributed by atoms with E-state index in [-0.39, 0.29) is 23.3 Å². The zero-order valence-electron chi connectivity index (χ0n) is 22.7. The van der Waals surface area contributed by atoms with Crippen LogP contribution in [0, 0.1) is 0 Å². The third-order valence-corrected chi connectivity index (χ3v) is 6.90. The van der Waals surface area contributed by atoms with Gasteiger partial charge < -0.3 is 43.7 Å². The molecule has 0 unspecified atom stereocenters. The van der Waals surface area contributed by atoms with E-state index in [0.717, 1.165) is 0 Å². The highest BCUT2D eigenvalue weighted by atomic mass is 16.8. The minimum atomic E-state index is -1.67. The molecule has 12 nitrogen and oxygen atoms in total. The van der Waals surface area contributed by atoms with Crippen molar-refractivity contribution in [3.05, 3.63) is 108 Å². The minimum Gasteiger partial charge on any atom is -0.459 e. The number of benzene rings is 3. The van der Waals surface area contributed by atoms with Gasteiger partial charge in [0.05, 0.1) is 23.3 Å². The van der Waals surface area contributed by atoms with E-state index >= 15 is 0 Å². The molecular formula is C31H30O12. The average Bonchev–Trinajstić information content (AvgIpc) is 3.35. The Labute approximate surface area is 246 Å². The SMILES string of the molecule is O=C(OC[C@@H]1O[C@@H](O[C@@H]2[C@@H](O)[C@H](O)CO[C@@H]2O)[C@H](OC(=O)c2ccccc2)[C@H]1OC(=O)c1ccccc1)c1ccccc1. The Balaban J connectivity index is 1.44. The van der Waals surface area contributed by atoms with Crippen LogP contribution in [0.1, 0.15) is 31.1 Å². The lowest BCUT2D eigenvalue weighted by Crippen LogP contribution is -2.56. The molecule has 8 atom stereocenters. The van der Waals surface area contributed by atoms with Crippen molar-refractivity contribution >= 4 is 17.9 Å². The number of carbonyl (C=O) groups is 3. The molecule has 0 aliphatic carbocycles. The van der Waals surface area contributed by atoms with Gasteiger partial charge in [0.1, 0.15) is 31.0 Å². The standard InChI is InChI=1S/C31H30O12/c32-21-16-38-30(37)25(23(21)33)43-31-26(42-29(36)20-14-8-3-9-15-20)24(41-28(35)19-12-6-2-7-13-19)22(40-31)17-39-27(34)18-10-4-1-5-11-18/h1-15,21-26,30-33,37H,16-17H2/t21-,22+,23+,24+,25-,26-,30+,31+/m1/s1. The van der Waals surface area contributed by atoms with Gasteiger partial charge in [-0.1, -0.05) is 54.6 Å². The molecule has 2 saturated heterocycles. The van der Waals surface area contributed by atoms with Gasteiger partial charge in [0.25, 0.3) is 0 Å². The van der Waals surface area contributed by atoms with Crippen LogP contribution in [-0.2, 0) is 28.4 Å². The molecule has 0 amide bonds. The fourth-order valence-electron chi connectivity index (χ4n) is 4.63. The van der Waals surface area contributed by atoms with Crippen molar-refractivity contribution < 1.29 is 58.1 Å². The predicted molar refractivity (Wildman–Crippen MR) is 146 cm³/mol. The number of hydrogen-bond acceptors (Lipinski definition) is 12. The van der Waals surface area contributed by atoms with Gasteiger partial charge in [-0.15, -0.1) is 0 Å². The molecule has 3 aromatic rings. The molecule has 3 N–H and O–H groups in total. The van der Waals surface area contributed by atoms with E-state index in [1.54, 1.807) is 66.7 Å². The fraction of sp³-hybridized carbons (Fsp3) is 0.323. The van der Waals surface area contributed by atoms with Crippen LogP contribution in [0.3, 0.4) is 0 Å². The van der Waals surface area contributed by atoms with Gasteiger partial charge in [-0.05, 0) is 36.4 Å². The van der Waals surface area contributed by atoms with Crippen molar-refractivity contribution in [3.8, 4) is 0 Å². The summed E-state index contributed by atoms with van der Waals surface area (Å²) < 4.78 is 33.8. The maximum atomic E-state index is 13.2. The van der Waals surface area contributed by atoms with Crippen LogP contribution >= 0.6 is 0 Å². The van der Waals surface area contributed by atoms with Gasteiger partial charge in [-0.25, -0.2) is 14.4 Å². The lowest BCUT2D eigenvalue weighted by Gasteiger charge is -2.37. The number of aliphatic hydroxyl groups is 3. The summed E-state index contributed by atoms with van der Waals surface area (Å²) in [6.07, 6.45) is -11.8. The van der Waals surface area contributed by atoms with E-state index in [9.17, 15) is 29.7 Å². The Bertz CT molecular complexity index is 1370. The molecule has 0 saturated carbocycles. The number of hydrogen-bond donors (Lipinski definition) is 3. The van der Waals surface area contributed by atoms with Gasteiger partial charge in [0.15, 0.2) is 24.8 Å². The van der Waals surface area contributed by atoms with E-state index in [2.05, 4.69) is 0 Å². The second-order valence-electron chi connectivity index (χ2n) is 9.86. The fourth-order valence-corrected chi connectivity index (χ4v) is 4.63. The van der Waals surface area contributed by atoms with E-state index in [1.807, 2.05) is 0 Å². The first-order valence-electron chi connectivity index (χ1n) is 13.5. The molecule has 2 aliphatic rings. The first-order valence-corrected chi connectivity index (χ1v) is 13.5. The number of rotatable bonds is 9. The van der Waals surface area contributed by atoms with Gasteiger partial charge in [-0.2, -0.15) is 0 Å². The monoisotopic (exact) mass is 594 g/mol. The number of esters is 3. The molecule has 43 heavy (non-hydrogen) atoms. The first-order chi connectivity index (χ1) is 20.8. The highest BCUT2D eigenvalue weighted by molar-refractivity contribution is 5.91. The Kier molecular flexibility index (Phi) is 9.77. The molecule has 2 fully saturated rings. The smallest absolute Gasteiger partial charge is 0.338 e. The lowest BCUT2D eigenvalue weighted by atomic mass is 10.0. The van der Waals surface area contributed by atoms with Crippen molar-refractivity contribution in [1.29, 1.82) is 0 Å². The Hall–Kier alpha value is -4.17. The summed E-state index contributed by atoms with van der Waals surface area (Å²) in [5, 5.41) is 30.9. The maximum Gasteiger partial charge on any atom is 0.338 e. The van der Waals surface area contributed by atoms with Crippen molar-refractivity contribution in [1.82, 2.24) is 0 Å². The van der Waals surface area contributed by atoms with E-state index in [0.29, 0.717) is 0 Å². The van der Waals surface area contributed by atoms with Crippen molar-refractivity contribution in [2.45, 2.75) is 49.2 Å². The van der Waals surface area contributed by atoms with E-state index in [4.69, 9.17) is 28.4 Å².